The molecule has 0 bridgehead atoms. The van der Waals surface area contributed by atoms with Crippen LogP contribution in [0.4, 0.5) is 0 Å². The predicted octanol–water partition coefficient (Wildman–Crippen LogP) is 1.96. The number of amides is 1. The molecular formula is C13H15N3O. The monoisotopic (exact) mass is 229 g/mol. The van der Waals surface area contributed by atoms with Crippen molar-refractivity contribution in [1.29, 1.82) is 0 Å². The van der Waals surface area contributed by atoms with Crippen LogP contribution in [0.25, 0.3) is 0 Å². The molecule has 4 heteroatoms. The van der Waals surface area contributed by atoms with Crippen LogP contribution in [0.5, 0.6) is 0 Å². The van der Waals surface area contributed by atoms with Crippen LogP contribution >= 0.6 is 0 Å². The van der Waals surface area contributed by atoms with Crippen LogP contribution < -0.4 is 5.32 Å². The van der Waals surface area contributed by atoms with E-state index in [1.165, 1.54) is 0 Å². The molecule has 0 aromatic carbocycles. The van der Waals surface area contributed by atoms with Gasteiger partial charge in [-0.15, -0.1) is 0 Å². The SMILES string of the molecule is Cc1cc(C(=O)NCc2ccncc2)c(C)[nH]1. The molecule has 0 unspecified atom stereocenters. The summed E-state index contributed by atoms with van der Waals surface area (Å²) in [5, 5.41) is 2.88. The lowest BCUT2D eigenvalue weighted by molar-refractivity contribution is 0.0950. The summed E-state index contributed by atoms with van der Waals surface area (Å²) in [7, 11) is 0. The number of pyridine rings is 1. The summed E-state index contributed by atoms with van der Waals surface area (Å²) < 4.78 is 0. The first kappa shape index (κ1) is 11.4. The topological polar surface area (TPSA) is 57.8 Å². The van der Waals surface area contributed by atoms with Crippen molar-refractivity contribution in [1.82, 2.24) is 15.3 Å². The average Bonchev–Trinajstić information content (AvgIpc) is 2.67. The highest BCUT2D eigenvalue weighted by Gasteiger charge is 2.10. The van der Waals surface area contributed by atoms with Crippen LogP contribution in [0.2, 0.25) is 0 Å². The van der Waals surface area contributed by atoms with Crippen molar-refractivity contribution < 1.29 is 4.79 Å². The number of rotatable bonds is 3. The molecule has 4 nitrogen and oxygen atoms in total. The Labute approximate surface area is 100 Å². The maximum absolute atomic E-state index is 11.9. The lowest BCUT2D eigenvalue weighted by atomic mass is 10.2. The number of carbonyl (C=O) groups is 1. The van der Waals surface area contributed by atoms with E-state index in [9.17, 15) is 4.79 Å². The Hall–Kier alpha value is -2.10. The largest absolute Gasteiger partial charge is 0.362 e. The van der Waals surface area contributed by atoms with E-state index in [0.717, 1.165) is 17.0 Å². The van der Waals surface area contributed by atoms with Crippen LogP contribution in [-0.2, 0) is 6.54 Å². The normalized spacial score (nSPS) is 10.2. The van der Waals surface area contributed by atoms with Gasteiger partial charge in [-0.3, -0.25) is 9.78 Å². The fourth-order valence-electron chi connectivity index (χ4n) is 1.74. The molecule has 88 valence electrons. The van der Waals surface area contributed by atoms with Crippen LogP contribution in [0.15, 0.2) is 30.6 Å². The Morgan fingerprint density at radius 2 is 2.06 bits per heavy atom. The molecule has 0 saturated heterocycles. The van der Waals surface area contributed by atoms with Gasteiger partial charge in [0.05, 0.1) is 5.56 Å². The number of aromatic amines is 1. The molecule has 2 rings (SSSR count). The van der Waals surface area contributed by atoms with Crippen LogP contribution in [0.3, 0.4) is 0 Å². The molecule has 0 aliphatic rings. The molecule has 17 heavy (non-hydrogen) atoms. The first-order chi connectivity index (χ1) is 8.16. The third kappa shape index (κ3) is 2.72. The predicted molar refractivity (Wildman–Crippen MR) is 65.7 cm³/mol. The van der Waals surface area contributed by atoms with Gasteiger partial charge >= 0.3 is 0 Å². The van der Waals surface area contributed by atoms with Crippen molar-refractivity contribution in [3.63, 3.8) is 0 Å². The summed E-state index contributed by atoms with van der Waals surface area (Å²) >= 11 is 0. The van der Waals surface area contributed by atoms with Crippen LogP contribution in [-0.4, -0.2) is 15.9 Å². The van der Waals surface area contributed by atoms with Crippen LogP contribution in [0.1, 0.15) is 27.3 Å². The van der Waals surface area contributed by atoms with E-state index < -0.39 is 0 Å². The molecule has 0 saturated carbocycles. The zero-order chi connectivity index (χ0) is 12.3. The van der Waals surface area contributed by atoms with Crippen molar-refractivity contribution in [3.05, 3.63) is 53.1 Å². The van der Waals surface area contributed by atoms with Crippen molar-refractivity contribution in [2.45, 2.75) is 20.4 Å². The molecule has 2 heterocycles. The molecule has 0 radical (unpaired) electrons. The van der Waals surface area contributed by atoms with Gasteiger partial charge in [-0.25, -0.2) is 0 Å². The molecule has 0 aliphatic carbocycles. The zero-order valence-corrected chi connectivity index (χ0v) is 9.95. The smallest absolute Gasteiger partial charge is 0.253 e. The van der Waals surface area contributed by atoms with Gasteiger partial charge < -0.3 is 10.3 Å². The summed E-state index contributed by atoms with van der Waals surface area (Å²) in [6, 6.07) is 5.63. The lowest BCUT2D eigenvalue weighted by Gasteiger charge is -2.04. The first-order valence-corrected chi connectivity index (χ1v) is 5.50. The minimum absolute atomic E-state index is 0.0522. The Balaban J connectivity index is 2.01. The minimum Gasteiger partial charge on any atom is -0.362 e. The highest BCUT2D eigenvalue weighted by Crippen LogP contribution is 2.09. The average molecular weight is 229 g/mol. The molecule has 2 aromatic heterocycles. The Morgan fingerprint density at radius 3 is 2.65 bits per heavy atom. The second-order valence-corrected chi connectivity index (χ2v) is 4.03. The summed E-state index contributed by atoms with van der Waals surface area (Å²) in [6.45, 7) is 4.35. The van der Waals surface area contributed by atoms with Gasteiger partial charge in [0, 0.05) is 30.3 Å². The summed E-state index contributed by atoms with van der Waals surface area (Å²) in [5.74, 6) is -0.0522. The van der Waals surface area contributed by atoms with Gasteiger partial charge in [-0.2, -0.15) is 0 Å². The lowest BCUT2D eigenvalue weighted by Crippen LogP contribution is -2.23. The van der Waals surface area contributed by atoms with E-state index in [4.69, 9.17) is 0 Å². The van der Waals surface area contributed by atoms with Crippen molar-refractivity contribution in [3.8, 4) is 0 Å². The molecule has 2 aromatic rings. The number of nitrogens with zero attached hydrogens (tertiary/aromatic N) is 1. The van der Waals surface area contributed by atoms with Crippen molar-refractivity contribution >= 4 is 5.91 Å². The maximum atomic E-state index is 11.9. The van der Waals surface area contributed by atoms with Gasteiger partial charge in [0.1, 0.15) is 0 Å². The Bertz CT molecular complexity index is 517. The highest BCUT2D eigenvalue weighted by molar-refractivity contribution is 5.95. The molecule has 0 fully saturated rings. The highest BCUT2D eigenvalue weighted by atomic mass is 16.1. The van der Waals surface area contributed by atoms with Crippen molar-refractivity contribution in [2.24, 2.45) is 0 Å². The van der Waals surface area contributed by atoms with E-state index in [1.807, 2.05) is 32.0 Å². The van der Waals surface area contributed by atoms with Gasteiger partial charge in [-0.1, -0.05) is 0 Å². The van der Waals surface area contributed by atoms with Crippen molar-refractivity contribution in [2.75, 3.05) is 0 Å². The second kappa shape index (κ2) is 4.82. The Morgan fingerprint density at radius 1 is 1.35 bits per heavy atom. The van der Waals surface area contributed by atoms with Gasteiger partial charge in [0.25, 0.3) is 5.91 Å². The molecule has 0 atom stereocenters. The fourth-order valence-corrected chi connectivity index (χ4v) is 1.74. The first-order valence-electron chi connectivity index (χ1n) is 5.50. The number of carbonyl (C=O) groups excluding carboxylic acids is 1. The minimum atomic E-state index is -0.0522. The van der Waals surface area contributed by atoms with Gasteiger partial charge in [0.15, 0.2) is 0 Å². The second-order valence-electron chi connectivity index (χ2n) is 4.03. The third-order valence-electron chi connectivity index (χ3n) is 2.60. The van der Waals surface area contributed by atoms with E-state index in [1.54, 1.807) is 12.4 Å². The number of H-pyrrole nitrogens is 1. The quantitative estimate of drug-likeness (QED) is 0.845. The maximum Gasteiger partial charge on any atom is 0.253 e. The number of aromatic nitrogens is 2. The summed E-state index contributed by atoms with van der Waals surface area (Å²) in [6.07, 6.45) is 3.43. The van der Waals surface area contributed by atoms with E-state index in [0.29, 0.717) is 12.1 Å². The molecule has 0 spiro atoms. The van der Waals surface area contributed by atoms with E-state index in [2.05, 4.69) is 15.3 Å². The number of aryl methyl sites for hydroxylation is 2. The molecule has 1 amide bonds. The fraction of sp³-hybridized carbons (Fsp3) is 0.231. The standard InChI is InChI=1S/C13H15N3O/c1-9-7-12(10(2)16-9)13(17)15-8-11-3-5-14-6-4-11/h3-7,16H,8H2,1-2H3,(H,15,17). The zero-order valence-electron chi connectivity index (χ0n) is 9.95. The van der Waals surface area contributed by atoms with E-state index >= 15 is 0 Å². The third-order valence-corrected chi connectivity index (χ3v) is 2.60. The number of hydrogen-bond donors (Lipinski definition) is 2. The summed E-state index contributed by atoms with van der Waals surface area (Å²) in [5.41, 5.74) is 3.64. The van der Waals surface area contributed by atoms with Gasteiger partial charge in [0.2, 0.25) is 0 Å². The van der Waals surface area contributed by atoms with Gasteiger partial charge in [-0.05, 0) is 37.6 Å². The number of nitrogens with one attached hydrogen (secondary N) is 2. The Kier molecular flexibility index (Phi) is 3.23. The summed E-state index contributed by atoms with van der Waals surface area (Å²) in [4.78, 5) is 19.0. The molecule has 0 aliphatic heterocycles. The molecular weight excluding hydrogens is 214 g/mol. The van der Waals surface area contributed by atoms with Crippen LogP contribution in [0, 0.1) is 13.8 Å². The number of hydrogen-bond acceptors (Lipinski definition) is 2. The van der Waals surface area contributed by atoms with E-state index in [-0.39, 0.29) is 5.91 Å². The molecule has 2 N–H and O–H groups in total.